The predicted octanol–water partition coefficient (Wildman–Crippen LogP) is 5.16. The maximum absolute atomic E-state index is 13.8. The summed E-state index contributed by atoms with van der Waals surface area (Å²) in [7, 11) is 3.26. The molecule has 9 nitrogen and oxygen atoms in total. The first kappa shape index (κ1) is 30.7. The minimum Gasteiger partial charge on any atom is -0.493 e. The molecule has 0 spiro atoms. The molecular formula is C34H42N2O7. The lowest BCUT2D eigenvalue weighted by Gasteiger charge is -2.31. The average Bonchev–Trinajstić information content (AvgIpc) is 3.69. The number of hydrogen-bond donors (Lipinski definition) is 1. The van der Waals surface area contributed by atoms with Crippen LogP contribution in [0, 0.1) is 5.92 Å². The van der Waals surface area contributed by atoms with Gasteiger partial charge in [0.1, 0.15) is 0 Å². The van der Waals surface area contributed by atoms with Crippen LogP contribution in [0.1, 0.15) is 36.2 Å². The first-order valence-electron chi connectivity index (χ1n) is 14.9. The molecule has 3 aromatic carbocycles. The van der Waals surface area contributed by atoms with Crippen molar-refractivity contribution in [3.05, 3.63) is 71.8 Å². The van der Waals surface area contributed by atoms with Gasteiger partial charge in [-0.1, -0.05) is 24.3 Å². The maximum Gasteiger partial charge on any atom is 0.254 e. The third-order valence-electron chi connectivity index (χ3n) is 7.85. The number of amides is 1. The number of nitrogens with zero attached hydrogens (tertiary/aromatic N) is 1. The van der Waals surface area contributed by atoms with Gasteiger partial charge in [-0.15, -0.1) is 0 Å². The molecule has 2 heterocycles. The number of carbonyl (C=O) groups excluding carboxylic acids is 1. The van der Waals surface area contributed by atoms with Gasteiger partial charge in [-0.25, -0.2) is 0 Å². The van der Waals surface area contributed by atoms with E-state index in [4.69, 9.17) is 28.4 Å². The number of methoxy groups -OCH3 is 2. The van der Waals surface area contributed by atoms with Crippen molar-refractivity contribution in [3.63, 3.8) is 0 Å². The molecular weight excluding hydrogens is 548 g/mol. The van der Waals surface area contributed by atoms with E-state index in [2.05, 4.69) is 23.5 Å². The van der Waals surface area contributed by atoms with E-state index in [0.717, 1.165) is 47.7 Å². The summed E-state index contributed by atoms with van der Waals surface area (Å²) >= 11 is 0. The number of ether oxygens (including phenoxy) is 6. The summed E-state index contributed by atoms with van der Waals surface area (Å²) < 4.78 is 34.0. The van der Waals surface area contributed by atoms with Gasteiger partial charge >= 0.3 is 0 Å². The van der Waals surface area contributed by atoms with Crippen molar-refractivity contribution in [2.24, 2.45) is 5.92 Å². The van der Waals surface area contributed by atoms with Gasteiger partial charge in [0, 0.05) is 57.3 Å². The van der Waals surface area contributed by atoms with Crippen LogP contribution in [0.4, 0.5) is 0 Å². The van der Waals surface area contributed by atoms with Gasteiger partial charge in [0.2, 0.25) is 6.79 Å². The van der Waals surface area contributed by atoms with Gasteiger partial charge in [0.25, 0.3) is 5.91 Å². The fourth-order valence-electron chi connectivity index (χ4n) is 5.46. The Bertz CT molecular complexity index is 1380. The van der Waals surface area contributed by atoms with Crippen molar-refractivity contribution in [3.8, 4) is 34.1 Å². The molecule has 1 amide bonds. The molecule has 1 fully saturated rings. The quantitative estimate of drug-likeness (QED) is 0.258. The molecule has 2 aliphatic heterocycles. The van der Waals surface area contributed by atoms with Gasteiger partial charge in [0.15, 0.2) is 23.0 Å². The molecule has 0 bridgehead atoms. The second kappa shape index (κ2) is 14.6. The SMILES string of the molecule is COCCCOc1cc(C(=O)N(CC2CNCC2OCc2cccc(-c3ccc4c(c3)OCO4)c2)C(C)C)ccc1OC. The highest BCUT2D eigenvalue weighted by molar-refractivity contribution is 5.95. The third-order valence-corrected chi connectivity index (χ3v) is 7.85. The summed E-state index contributed by atoms with van der Waals surface area (Å²) in [6, 6.07) is 19.7. The molecule has 2 atom stereocenters. The molecule has 0 aliphatic carbocycles. The van der Waals surface area contributed by atoms with E-state index in [9.17, 15) is 4.79 Å². The minimum absolute atomic E-state index is 0.0142. The van der Waals surface area contributed by atoms with Gasteiger partial charge in [-0.2, -0.15) is 0 Å². The molecule has 0 aromatic heterocycles. The molecule has 2 unspecified atom stereocenters. The Morgan fingerprint density at radius 1 is 0.953 bits per heavy atom. The van der Waals surface area contributed by atoms with Crippen LogP contribution in [-0.2, 0) is 16.1 Å². The normalized spacial score (nSPS) is 17.3. The Hall–Kier alpha value is -3.79. The van der Waals surface area contributed by atoms with Crippen molar-refractivity contribution in [2.45, 2.75) is 39.0 Å². The summed E-state index contributed by atoms with van der Waals surface area (Å²) in [5.74, 6) is 2.81. The number of fused-ring (bicyclic) bond motifs is 1. The lowest BCUT2D eigenvalue weighted by atomic mass is 10.0. The maximum atomic E-state index is 13.8. The zero-order chi connectivity index (χ0) is 30.2. The van der Waals surface area contributed by atoms with Crippen molar-refractivity contribution in [1.29, 1.82) is 0 Å². The van der Waals surface area contributed by atoms with E-state index in [1.807, 2.05) is 43.0 Å². The molecule has 3 aromatic rings. The average molecular weight is 591 g/mol. The largest absolute Gasteiger partial charge is 0.493 e. The molecule has 0 radical (unpaired) electrons. The molecule has 0 saturated carbocycles. The Morgan fingerprint density at radius 3 is 2.60 bits per heavy atom. The number of benzene rings is 3. The van der Waals surface area contributed by atoms with Crippen LogP contribution in [0.5, 0.6) is 23.0 Å². The predicted molar refractivity (Wildman–Crippen MR) is 164 cm³/mol. The first-order valence-corrected chi connectivity index (χ1v) is 14.9. The zero-order valence-corrected chi connectivity index (χ0v) is 25.5. The smallest absolute Gasteiger partial charge is 0.254 e. The fourth-order valence-corrected chi connectivity index (χ4v) is 5.46. The topological polar surface area (TPSA) is 87.7 Å². The van der Waals surface area contributed by atoms with Crippen molar-refractivity contribution >= 4 is 5.91 Å². The molecule has 230 valence electrons. The van der Waals surface area contributed by atoms with Gasteiger partial charge in [-0.05, 0) is 66.9 Å². The minimum atomic E-state index is -0.0403. The standard InChI is InChI=1S/C34H42N2O7/c1-23(2)36(34(37)27-10-11-29(39-4)31(17-27)40-14-6-13-38-3)20-28-18-35-19-33(28)41-21-24-7-5-8-25(15-24)26-9-12-30-32(16-26)43-22-42-30/h5,7-12,15-17,23,28,33,35H,6,13-14,18-22H2,1-4H3. The summed E-state index contributed by atoms with van der Waals surface area (Å²) in [5.41, 5.74) is 3.83. The second-order valence-corrected chi connectivity index (χ2v) is 11.1. The zero-order valence-electron chi connectivity index (χ0n) is 25.5. The summed E-state index contributed by atoms with van der Waals surface area (Å²) in [6.07, 6.45) is 0.730. The number of rotatable bonds is 14. The van der Waals surface area contributed by atoms with Crippen LogP contribution in [-0.4, -0.2) is 76.8 Å². The Kier molecular flexibility index (Phi) is 10.4. The third kappa shape index (κ3) is 7.60. The van der Waals surface area contributed by atoms with E-state index < -0.39 is 0 Å². The Labute approximate surface area is 254 Å². The lowest BCUT2D eigenvalue weighted by Crippen LogP contribution is -2.43. The number of carbonyl (C=O) groups is 1. The van der Waals surface area contributed by atoms with Crippen LogP contribution >= 0.6 is 0 Å². The van der Waals surface area contributed by atoms with E-state index in [1.165, 1.54) is 0 Å². The van der Waals surface area contributed by atoms with Crippen LogP contribution < -0.4 is 24.3 Å². The fraction of sp³-hybridized carbons (Fsp3) is 0.441. The lowest BCUT2D eigenvalue weighted by molar-refractivity contribution is 0.0129. The van der Waals surface area contributed by atoms with Crippen LogP contribution in [0.2, 0.25) is 0 Å². The molecule has 1 saturated heterocycles. The molecule has 5 rings (SSSR count). The van der Waals surface area contributed by atoms with E-state index in [0.29, 0.717) is 43.4 Å². The highest BCUT2D eigenvalue weighted by Crippen LogP contribution is 2.36. The Balaban J connectivity index is 1.22. The summed E-state index contributed by atoms with van der Waals surface area (Å²) in [5, 5.41) is 3.46. The Morgan fingerprint density at radius 2 is 1.79 bits per heavy atom. The number of nitrogens with one attached hydrogen (secondary N) is 1. The van der Waals surface area contributed by atoms with Crippen LogP contribution in [0.15, 0.2) is 60.7 Å². The van der Waals surface area contributed by atoms with E-state index in [1.54, 1.807) is 32.4 Å². The van der Waals surface area contributed by atoms with Crippen LogP contribution in [0.25, 0.3) is 11.1 Å². The monoisotopic (exact) mass is 590 g/mol. The first-order chi connectivity index (χ1) is 21.0. The highest BCUT2D eigenvalue weighted by atomic mass is 16.7. The highest BCUT2D eigenvalue weighted by Gasteiger charge is 2.32. The molecule has 2 aliphatic rings. The van der Waals surface area contributed by atoms with E-state index >= 15 is 0 Å². The molecule has 9 heteroatoms. The summed E-state index contributed by atoms with van der Waals surface area (Å²) in [6.45, 7) is 8.03. The van der Waals surface area contributed by atoms with Crippen molar-refractivity contribution in [2.75, 3.05) is 53.9 Å². The molecule has 43 heavy (non-hydrogen) atoms. The van der Waals surface area contributed by atoms with Crippen LogP contribution in [0.3, 0.4) is 0 Å². The number of hydrogen-bond acceptors (Lipinski definition) is 8. The van der Waals surface area contributed by atoms with Gasteiger partial charge < -0.3 is 38.6 Å². The van der Waals surface area contributed by atoms with Gasteiger partial charge in [-0.3, -0.25) is 4.79 Å². The van der Waals surface area contributed by atoms with Gasteiger partial charge in [0.05, 0.1) is 26.4 Å². The van der Waals surface area contributed by atoms with Crippen molar-refractivity contribution in [1.82, 2.24) is 10.2 Å². The van der Waals surface area contributed by atoms with Crippen molar-refractivity contribution < 1.29 is 33.2 Å². The summed E-state index contributed by atoms with van der Waals surface area (Å²) in [4.78, 5) is 15.7. The second-order valence-electron chi connectivity index (χ2n) is 11.1. The molecule has 1 N–H and O–H groups in total. The van der Waals surface area contributed by atoms with E-state index in [-0.39, 0.29) is 30.8 Å².